The highest BCUT2D eigenvalue weighted by atomic mass is 16.8. The lowest BCUT2D eigenvalue weighted by Crippen LogP contribution is -2.18. The highest BCUT2D eigenvalue weighted by Gasteiger charge is 2.28. The first-order chi connectivity index (χ1) is 3.29. The van der Waals surface area contributed by atoms with Crippen LogP contribution in [0.25, 0.3) is 0 Å². The van der Waals surface area contributed by atoms with Gasteiger partial charge in [-0.25, -0.2) is 0 Å². The van der Waals surface area contributed by atoms with Crippen molar-refractivity contribution >= 4 is 7.32 Å². The normalized spacial score (nSPS) is 27.4. The van der Waals surface area contributed by atoms with Crippen LogP contribution in [0.1, 0.15) is 0 Å². The second-order valence-electron chi connectivity index (χ2n) is 1.23. The molecule has 0 bridgehead atoms. The smallest absolute Gasteiger partial charge is 0.402 e. The van der Waals surface area contributed by atoms with Gasteiger partial charge in [-0.1, -0.05) is 0 Å². The maximum atomic E-state index is 8.02. The van der Waals surface area contributed by atoms with Crippen LogP contribution in [0, 0.1) is 0 Å². The van der Waals surface area contributed by atoms with Gasteiger partial charge in [0.15, 0.2) is 6.29 Å². The molecule has 0 saturated carbocycles. The molecule has 1 heterocycles. The second kappa shape index (κ2) is 1.79. The van der Waals surface area contributed by atoms with Crippen LogP contribution in [0.5, 0.6) is 0 Å². The minimum Gasteiger partial charge on any atom is -0.402 e. The van der Waals surface area contributed by atoms with Crippen LogP contribution in [0.4, 0.5) is 0 Å². The molecule has 1 atom stereocenters. The molecular formula is C2H5BO4. The van der Waals surface area contributed by atoms with Gasteiger partial charge in [0.1, 0.15) is 0 Å². The zero-order valence-electron chi connectivity index (χ0n) is 3.57. The first kappa shape index (κ1) is 5.05. The van der Waals surface area contributed by atoms with Crippen molar-refractivity contribution in [3.8, 4) is 0 Å². The van der Waals surface area contributed by atoms with Crippen molar-refractivity contribution < 1.29 is 19.4 Å². The summed E-state index contributed by atoms with van der Waals surface area (Å²) in [5.74, 6) is 0. The fourth-order valence-electron chi connectivity index (χ4n) is 0.254. The van der Waals surface area contributed by atoms with Crippen molar-refractivity contribution in [3.63, 3.8) is 0 Å². The Hall–Kier alpha value is -0.0951. The summed E-state index contributed by atoms with van der Waals surface area (Å²) in [6, 6.07) is 0. The number of hydrogen-bond donors (Lipinski definition) is 2. The molecule has 1 fully saturated rings. The Bertz CT molecular complexity index is 60.7. The van der Waals surface area contributed by atoms with E-state index in [-0.39, 0.29) is 6.29 Å². The Morgan fingerprint density at radius 2 is 2.29 bits per heavy atom. The fourth-order valence-corrected chi connectivity index (χ4v) is 0.254. The van der Waals surface area contributed by atoms with E-state index in [4.69, 9.17) is 10.0 Å². The molecule has 0 aromatic heterocycles. The van der Waals surface area contributed by atoms with Gasteiger partial charge < -0.3 is 19.4 Å². The van der Waals surface area contributed by atoms with Gasteiger partial charge in [0.2, 0.25) is 0 Å². The largest absolute Gasteiger partial charge is 0.635 e. The minimum atomic E-state index is -1.69. The summed E-state index contributed by atoms with van der Waals surface area (Å²) in [6.45, 7) is 0.470. The number of epoxide rings is 1. The molecule has 0 aromatic carbocycles. The Balaban J connectivity index is 1.97. The molecule has 0 radical (unpaired) electrons. The van der Waals surface area contributed by atoms with Crippen LogP contribution in [0.15, 0.2) is 0 Å². The number of ether oxygens (including phenoxy) is 1. The van der Waals surface area contributed by atoms with Crippen molar-refractivity contribution in [1.29, 1.82) is 0 Å². The highest BCUT2D eigenvalue weighted by Crippen LogP contribution is 2.09. The molecule has 0 aromatic rings. The van der Waals surface area contributed by atoms with Crippen molar-refractivity contribution in [2.24, 2.45) is 0 Å². The molecule has 1 aliphatic rings. The number of rotatable bonds is 2. The predicted molar refractivity (Wildman–Crippen MR) is 21.0 cm³/mol. The van der Waals surface area contributed by atoms with E-state index in [9.17, 15) is 0 Å². The standard InChI is InChI=1S/C2H5BO4/c4-3(5)7-2-1-6-2/h2,4-5H,1H2. The molecule has 1 aliphatic heterocycles. The zero-order valence-corrected chi connectivity index (χ0v) is 3.57. The lowest BCUT2D eigenvalue weighted by molar-refractivity contribution is 0.110. The third-order valence-electron chi connectivity index (χ3n) is 0.576. The van der Waals surface area contributed by atoms with Crippen LogP contribution in [-0.4, -0.2) is 30.3 Å². The summed E-state index contributed by atoms with van der Waals surface area (Å²) in [5.41, 5.74) is 0. The molecule has 4 nitrogen and oxygen atoms in total. The monoisotopic (exact) mass is 104 g/mol. The Kier molecular flexibility index (Phi) is 1.29. The van der Waals surface area contributed by atoms with Crippen LogP contribution in [0.2, 0.25) is 0 Å². The SMILES string of the molecule is OB(O)OC1CO1. The van der Waals surface area contributed by atoms with Crippen LogP contribution < -0.4 is 0 Å². The first-order valence-electron chi connectivity index (χ1n) is 1.92. The van der Waals surface area contributed by atoms with Crippen LogP contribution in [-0.2, 0) is 9.39 Å². The Morgan fingerprint density at radius 1 is 1.71 bits per heavy atom. The van der Waals surface area contributed by atoms with Gasteiger partial charge in [0.25, 0.3) is 0 Å². The van der Waals surface area contributed by atoms with Gasteiger partial charge in [-0.3, -0.25) is 0 Å². The van der Waals surface area contributed by atoms with Crippen molar-refractivity contribution in [2.45, 2.75) is 6.29 Å². The second-order valence-corrected chi connectivity index (χ2v) is 1.23. The molecule has 0 aliphatic carbocycles. The van der Waals surface area contributed by atoms with Crippen molar-refractivity contribution in [1.82, 2.24) is 0 Å². The average molecular weight is 104 g/mol. The summed E-state index contributed by atoms with van der Waals surface area (Å²) < 4.78 is 8.73. The van der Waals surface area contributed by atoms with E-state index in [2.05, 4.69) is 9.39 Å². The molecule has 7 heavy (non-hydrogen) atoms. The summed E-state index contributed by atoms with van der Waals surface area (Å²) in [6.07, 6.45) is -0.375. The van der Waals surface area contributed by atoms with Gasteiger partial charge in [-0.15, -0.1) is 0 Å². The minimum absolute atomic E-state index is 0.375. The molecule has 1 saturated heterocycles. The van der Waals surface area contributed by atoms with E-state index >= 15 is 0 Å². The first-order valence-corrected chi connectivity index (χ1v) is 1.92. The van der Waals surface area contributed by atoms with Gasteiger partial charge >= 0.3 is 7.32 Å². The third-order valence-corrected chi connectivity index (χ3v) is 0.576. The Labute approximate surface area is 40.8 Å². The maximum absolute atomic E-state index is 8.02. The zero-order chi connectivity index (χ0) is 5.28. The summed E-state index contributed by atoms with van der Waals surface area (Å²) in [4.78, 5) is 0. The summed E-state index contributed by atoms with van der Waals surface area (Å²) >= 11 is 0. The lowest BCUT2D eigenvalue weighted by atomic mass is 10.3. The molecule has 5 heteroatoms. The summed E-state index contributed by atoms with van der Waals surface area (Å²) in [5, 5.41) is 16.0. The van der Waals surface area contributed by atoms with E-state index in [1.54, 1.807) is 0 Å². The van der Waals surface area contributed by atoms with Gasteiger partial charge in [-0.2, -0.15) is 0 Å². The van der Waals surface area contributed by atoms with Gasteiger partial charge in [0.05, 0.1) is 6.61 Å². The topological polar surface area (TPSA) is 62.2 Å². The third kappa shape index (κ3) is 1.89. The van der Waals surface area contributed by atoms with Crippen molar-refractivity contribution in [2.75, 3.05) is 6.61 Å². The predicted octanol–water partition coefficient (Wildman–Crippen LogP) is -1.67. The molecule has 1 unspecified atom stereocenters. The van der Waals surface area contributed by atoms with E-state index in [1.807, 2.05) is 0 Å². The van der Waals surface area contributed by atoms with E-state index in [0.29, 0.717) is 6.61 Å². The fraction of sp³-hybridized carbons (Fsp3) is 1.00. The van der Waals surface area contributed by atoms with E-state index in [1.165, 1.54) is 0 Å². The molecule has 40 valence electrons. The van der Waals surface area contributed by atoms with Gasteiger partial charge in [-0.05, 0) is 0 Å². The molecular weight excluding hydrogens is 98.8 g/mol. The molecule has 1 rings (SSSR count). The molecule has 2 N–H and O–H groups in total. The Morgan fingerprint density at radius 3 is 2.43 bits per heavy atom. The molecule has 0 spiro atoms. The number of hydrogen-bond acceptors (Lipinski definition) is 4. The van der Waals surface area contributed by atoms with Crippen LogP contribution >= 0.6 is 0 Å². The highest BCUT2D eigenvalue weighted by molar-refractivity contribution is 6.32. The van der Waals surface area contributed by atoms with E-state index < -0.39 is 7.32 Å². The summed E-state index contributed by atoms with van der Waals surface area (Å²) in [7, 11) is -1.69. The van der Waals surface area contributed by atoms with Gasteiger partial charge in [0, 0.05) is 0 Å². The van der Waals surface area contributed by atoms with Crippen molar-refractivity contribution in [3.05, 3.63) is 0 Å². The van der Waals surface area contributed by atoms with E-state index in [0.717, 1.165) is 0 Å². The maximum Gasteiger partial charge on any atom is 0.635 e. The van der Waals surface area contributed by atoms with Crippen LogP contribution in [0.3, 0.4) is 0 Å². The quantitative estimate of drug-likeness (QED) is 0.324. The average Bonchev–Trinajstić information content (AvgIpc) is 2.17. The lowest BCUT2D eigenvalue weighted by Gasteiger charge is -1.91. The molecule has 0 amide bonds.